The number of nitrogens with one attached hydrogen (secondary N) is 1. The van der Waals surface area contributed by atoms with Crippen molar-refractivity contribution in [3.05, 3.63) is 23.7 Å². The van der Waals surface area contributed by atoms with Crippen LogP contribution in [0, 0.1) is 12.8 Å². The molecular weight excluding hydrogens is 224 g/mol. The highest BCUT2D eigenvalue weighted by Crippen LogP contribution is 2.18. The third-order valence-corrected chi connectivity index (χ3v) is 3.94. The molecule has 2 rings (SSSR count). The molecule has 102 valence electrons. The predicted molar refractivity (Wildman–Crippen MR) is 74.6 cm³/mol. The second kappa shape index (κ2) is 6.39. The number of furan rings is 1. The van der Waals surface area contributed by atoms with E-state index in [2.05, 4.69) is 37.1 Å². The molecule has 3 heteroatoms. The molecule has 1 saturated heterocycles. The van der Waals surface area contributed by atoms with Crippen LogP contribution < -0.4 is 5.32 Å². The number of rotatable bonds is 5. The van der Waals surface area contributed by atoms with Gasteiger partial charge in [-0.2, -0.15) is 0 Å². The van der Waals surface area contributed by atoms with Crippen LogP contribution in [0.15, 0.2) is 16.7 Å². The van der Waals surface area contributed by atoms with Crippen molar-refractivity contribution >= 4 is 0 Å². The summed E-state index contributed by atoms with van der Waals surface area (Å²) in [6.07, 6.45) is 4.47. The van der Waals surface area contributed by atoms with E-state index in [1.165, 1.54) is 38.0 Å². The molecule has 0 aromatic carbocycles. The standard InChI is InChI=1S/C15H26N2O/c1-12(2)17(10-14-5-4-7-16-9-14)11-15-13(3)6-8-18-15/h6,8,12,14,16H,4-5,7,9-11H2,1-3H3. The molecule has 0 spiro atoms. The van der Waals surface area contributed by atoms with Gasteiger partial charge in [-0.25, -0.2) is 0 Å². The predicted octanol–water partition coefficient (Wildman–Crippen LogP) is 2.80. The van der Waals surface area contributed by atoms with E-state index in [1.807, 2.05) is 0 Å². The first kappa shape index (κ1) is 13.6. The molecule has 1 atom stereocenters. The van der Waals surface area contributed by atoms with E-state index in [4.69, 9.17) is 4.42 Å². The average molecular weight is 250 g/mol. The molecule has 18 heavy (non-hydrogen) atoms. The Morgan fingerprint density at radius 2 is 2.33 bits per heavy atom. The van der Waals surface area contributed by atoms with Gasteiger partial charge in [0.15, 0.2) is 0 Å². The van der Waals surface area contributed by atoms with Gasteiger partial charge in [0, 0.05) is 12.6 Å². The molecular formula is C15H26N2O. The zero-order valence-electron chi connectivity index (χ0n) is 11.9. The Hall–Kier alpha value is -0.800. The van der Waals surface area contributed by atoms with Crippen molar-refractivity contribution in [2.24, 2.45) is 5.92 Å². The Morgan fingerprint density at radius 3 is 2.89 bits per heavy atom. The van der Waals surface area contributed by atoms with Crippen molar-refractivity contribution in [3.8, 4) is 0 Å². The summed E-state index contributed by atoms with van der Waals surface area (Å²) in [5.41, 5.74) is 1.27. The van der Waals surface area contributed by atoms with Gasteiger partial charge in [-0.3, -0.25) is 4.90 Å². The van der Waals surface area contributed by atoms with Crippen LogP contribution in [0.25, 0.3) is 0 Å². The Morgan fingerprint density at radius 1 is 1.50 bits per heavy atom. The first-order valence-corrected chi connectivity index (χ1v) is 7.14. The maximum atomic E-state index is 5.58. The fraction of sp³-hybridized carbons (Fsp3) is 0.733. The lowest BCUT2D eigenvalue weighted by molar-refractivity contribution is 0.153. The van der Waals surface area contributed by atoms with Gasteiger partial charge in [0.25, 0.3) is 0 Å². The lowest BCUT2D eigenvalue weighted by Crippen LogP contribution is -2.40. The molecule has 1 aromatic rings. The first-order valence-electron chi connectivity index (χ1n) is 7.14. The highest BCUT2D eigenvalue weighted by molar-refractivity contribution is 5.14. The highest BCUT2D eigenvalue weighted by Gasteiger charge is 2.20. The van der Waals surface area contributed by atoms with E-state index in [-0.39, 0.29) is 0 Å². The molecule has 0 saturated carbocycles. The average Bonchev–Trinajstić information content (AvgIpc) is 2.75. The minimum absolute atomic E-state index is 0.566. The number of nitrogens with zero attached hydrogens (tertiary/aromatic N) is 1. The fourth-order valence-electron chi connectivity index (χ4n) is 2.62. The van der Waals surface area contributed by atoms with Crippen LogP contribution in [0.5, 0.6) is 0 Å². The quantitative estimate of drug-likeness (QED) is 0.871. The molecule has 1 N–H and O–H groups in total. The molecule has 1 aromatic heterocycles. The molecule has 2 heterocycles. The Kier molecular flexibility index (Phi) is 4.84. The Labute approximate surface area is 111 Å². The van der Waals surface area contributed by atoms with Gasteiger partial charge in [0.05, 0.1) is 12.8 Å². The van der Waals surface area contributed by atoms with Gasteiger partial charge >= 0.3 is 0 Å². The van der Waals surface area contributed by atoms with Gasteiger partial charge in [-0.05, 0) is 64.3 Å². The fourth-order valence-corrected chi connectivity index (χ4v) is 2.62. The van der Waals surface area contributed by atoms with Crippen molar-refractivity contribution in [1.82, 2.24) is 10.2 Å². The summed E-state index contributed by atoms with van der Waals surface area (Å²) in [7, 11) is 0. The van der Waals surface area contributed by atoms with E-state index < -0.39 is 0 Å². The SMILES string of the molecule is Cc1ccoc1CN(CC1CCCNC1)C(C)C. The smallest absolute Gasteiger partial charge is 0.120 e. The summed E-state index contributed by atoms with van der Waals surface area (Å²) in [4.78, 5) is 2.53. The second-order valence-electron chi connectivity index (χ2n) is 5.76. The van der Waals surface area contributed by atoms with E-state index in [9.17, 15) is 0 Å². The van der Waals surface area contributed by atoms with Crippen molar-refractivity contribution in [2.45, 2.75) is 46.2 Å². The topological polar surface area (TPSA) is 28.4 Å². The molecule has 0 bridgehead atoms. The zero-order chi connectivity index (χ0) is 13.0. The molecule has 1 fully saturated rings. The Bertz CT molecular complexity index is 353. The minimum atomic E-state index is 0.566. The molecule has 0 aliphatic carbocycles. The van der Waals surface area contributed by atoms with Gasteiger partial charge in [-0.1, -0.05) is 0 Å². The van der Waals surface area contributed by atoms with Crippen LogP contribution in [-0.2, 0) is 6.54 Å². The summed E-state index contributed by atoms with van der Waals surface area (Å²) in [5.74, 6) is 1.91. The van der Waals surface area contributed by atoms with Crippen LogP contribution >= 0.6 is 0 Å². The molecule has 1 aliphatic rings. The zero-order valence-corrected chi connectivity index (χ0v) is 11.9. The third kappa shape index (κ3) is 3.59. The van der Waals surface area contributed by atoms with Gasteiger partial charge in [0.2, 0.25) is 0 Å². The normalized spacial score (nSPS) is 20.8. The monoisotopic (exact) mass is 250 g/mol. The van der Waals surface area contributed by atoms with E-state index in [0.29, 0.717) is 6.04 Å². The van der Waals surface area contributed by atoms with Crippen LogP contribution in [0.1, 0.15) is 38.0 Å². The lowest BCUT2D eigenvalue weighted by atomic mass is 9.98. The van der Waals surface area contributed by atoms with E-state index in [1.54, 1.807) is 6.26 Å². The number of hydrogen-bond donors (Lipinski definition) is 1. The molecule has 1 unspecified atom stereocenters. The van der Waals surface area contributed by atoms with Crippen molar-refractivity contribution in [3.63, 3.8) is 0 Å². The third-order valence-electron chi connectivity index (χ3n) is 3.94. The van der Waals surface area contributed by atoms with Crippen LogP contribution in [0.2, 0.25) is 0 Å². The van der Waals surface area contributed by atoms with Crippen LogP contribution in [-0.4, -0.2) is 30.6 Å². The van der Waals surface area contributed by atoms with E-state index >= 15 is 0 Å². The summed E-state index contributed by atoms with van der Waals surface area (Å²) in [6.45, 7) is 11.1. The maximum absolute atomic E-state index is 5.58. The second-order valence-corrected chi connectivity index (χ2v) is 5.76. The minimum Gasteiger partial charge on any atom is -0.468 e. The summed E-state index contributed by atoms with van der Waals surface area (Å²) in [5, 5.41) is 3.50. The van der Waals surface area contributed by atoms with Gasteiger partial charge in [0.1, 0.15) is 5.76 Å². The van der Waals surface area contributed by atoms with Crippen molar-refractivity contribution in [1.29, 1.82) is 0 Å². The first-order chi connectivity index (χ1) is 8.66. The lowest BCUT2D eigenvalue weighted by Gasteiger charge is -2.32. The molecule has 0 radical (unpaired) electrons. The van der Waals surface area contributed by atoms with E-state index in [0.717, 1.165) is 18.2 Å². The summed E-state index contributed by atoms with van der Waals surface area (Å²) >= 11 is 0. The van der Waals surface area contributed by atoms with Crippen molar-refractivity contribution < 1.29 is 4.42 Å². The van der Waals surface area contributed by atoms with Gasteiger partial charge in [-0.15, -0.1) is 0 Å². The number of piperidine rings is 1. The molecule has 1 aliphatic heterocycles. The highest BCUT2D eigenvalue weighted by atomic mass is 16.3. The van der Waals surface area contributed by atoms with Crippen LogP contribution in [0.4, 0.5) is 0 Å². The van der Waals surface area contributed by atoms with Crippen molar-refractivity contribution in [2.75, 3.05) is 19.6 Å². The number of aryl methyl sites for hydroxylation is 1. The molecule has 3 nitrogen and oxygen atoms in total. The largest absolute Gasteiger partial charge is 0.468 e. The van der Waals surface area contributed by atoms with Gasteiger partial charge < -0.3 is 9.73 Å². The van der Waals surface area contributed by atoms with Crippen LogP contribution in [0.3, 0.4) is 0 Å². The summed E-state index contributed by atoms with van der Waals surface area (Å²) < 4.78 is 5.58. The number of hydrogen-bond acceptors (Lipinski definition) is 3. The summed E-state index contributed by atoms with van der Waals surface area (Å²) in [6, 6.07) is 2.62. The maximum Gasteiger partial charge on any atom is 0.120 e. The Balaban J connectivity index is 1.93. The molecule has 0 amide bonds.